The number of hydrogen-bond donors (Lipinski definition) is 1. The summed E-state index contributed by atoms with van der Waals surface area (Å²) in [5, 5.41) is 2.86. The van der Waals surface area contributed by atoms with Crippen molar-refractivity contribution in [2.45, 2.75) is 65.3 Å². The molecule has 22 heavy (non-hydrogen) atoms. The smallest absolute Gasteiger partial charge is 0.331 e. The van der Waals surface area contributed by atoms with Crippen molar-refractivity contribution >= 4 is 23.2 Å². The van der Waals surface area contributed by atoms with E-state index >= 15 is 0 Å². The van der Waals surface area contributed by atoms with Crippen LogP contribution in [0.5, 0.6) is 0 Å². The van der Waals surface area contributed by atoms with Crippen molar-refractivity contribution in [2.75, 3.05) is 7.11 Å². The maximum Gasteiger partial charge on any atom is 0.331 e. The van der Waals surface area contributed by atoms with Crippen molar-refractivity contribution in [3.05, 3.63) is 21.4 Å². The second-order valence-corrected chi connectivity index (χ2v) is 6.83. The van der Waals surface area contributed by atoms with Crippen molar-refractivity contribution in [1.82, 2.24) is 5.32 Å². The van der Waals surface area contributed by atoms with Gasteiger partial charge in [0.2, 0.25) is 0 Å². The first-order valence-corrected chi connectivity index (χ1v) is 8.75. The van der Waals surface area contributed by atoms with E-state index in [4.69, 9.17) is 4.74 Å². The molecule has 0 fully saturated rings. The molecule has 1 amide bonds. The minimum Gasteiger partial charge on any atom is -0.467 e. The van der Waals surface area contributed by atoms with E-state index in [0.29, 0.717) is 11.3 Å². The van der Waals surface area contributed by atoms with E-state index in [9.17, 15) is 9.59 Å². The lowest BCUT2D eigenvalue weighted by molar-refractivity contribution is -0.147. The molecule has 1 aromatic rings. The summed E-state index contributed by atoms with van der Waals surface area (Å²) < 4.78 is 4.84. The number of carbonyl (C=O) groups is 2. The second-order valence-electron chi connectivity index (χ2n) is 5.69. The van der Waals surface area contributed by atoms with Crippen LogP contribution in [0.25, 0.3) is 0 Å². The van der Waals surface area contributed by atoms with E-state index in [0.717, 1.165) is 25.7 Å². The fraction of sp³-hybridized carbons (Fsp3) is 0.647. The van der Waals surface area contributed by atoms with Gasteiger partial charge in [-0.15, -0.1) is 11.3 Å². The molecule has 5 heteroatoms. The topological polar surface area (TPSA) is 55.4 Å². The van der Waals surface area contributed by atoms with Gasteiger partial charge in [0.05, 0.1) is 12.0 Å². The number of hydrogen-bond acceptors (Lipinski definition) is 4. The van der Waals surface area contributed by atoms with Crippen LogP contribution in [0.15, 0.2) is 6.07 Å². The lowest BCUT2D eigenvalue weighted by atomic mass is 9.96. The Hall–Kier alpha value is -1.36. The number of aryl methyl sites for hydroxylation is 2. The third-order valence-corrected chi connectivity index (χ3v) is 4.99. The minimum atomic E-state index is -0.970. The zero-order chi connectivity index (χ0) is 16.8. The maximum atomic E-state index is 12.5. The Morgan fingerprint density at radius 3 is 2.45 bits per heavy atom. The number of nitrogens with one attached hydrogen (secondary N) is 1. The summed E-state index contributed by atoms with van der Waals surface area (Å²) in [7, 11) is 1.35. The Bertz CT molecular complexity index is 524. The zero-order valence-electron chi connectivity index (χ0n) is 14.2. The molecule has 1 heterocycles. The van der Waals surface area contributed by atoms with Crippen molar-refractivity contribution in [3.8, 4) is 0 Å². The molecule has 0 aliphatic carbocycles. The molecule has 1 N–H and O–H groups in total. The van der Waals surface area contributed by atoms with Gasteiger partial charge in [-0.3, -0.25) is 4.79 Å². The molecule has 1 aromatic heterocycles. The number of rotatable bonds is 8. The van der Waals surface area contributed by atoms with Crippen molar-refractivity contribution in [1.29, 1.82) is 0 Å². The number of thiophene rings is 1. The molecular formula is C17H27NO3S. The van der Waals surface area contributed by atoms with Gasteiger partial charge in [0.25, 0.3) is 5.91 Å². The molecule has 0 saturated carbocycles. The number of ether oxygens (including phenoxy) is 1. The summed E-state index contributed by atoms with van der Waals surface area (Å²) >= 11 is 1.53. The normalized spacial score (nSPS) is 13.5. The molecule has 0 radical (unpaired) electrons. The minimum absolute atomic E-state index is 0.191. The van der Waals surface area contributed by atoms with Crippen LogP contribution in [-0.4, -0.2) is 24.5 Å². The van der Waals surface area contributed by atoms with Gasteiger partial charge in [0.15, 0.2) is 0 Å². The summed E-state index contributed by atoms with van der Waals surface area (Å²) in [6.45, 7) is 7.93. The van der Waals surface area contributed by atoms with Crippen molar-refractivity contribution in [2.24, 2.45) is 0 Å². The highest BCUT2D eigenvalue weighted by Crippen LogP contribution is 2.25. The molecule has 0 aromatic carbocycles. The molecule has 0 bridgehead atoms. The van der Waals surface area contributed by atoms with E-state index in [1.807, 2.05) is 13.0 Å². The summed E-state index contributed by atoms with van der Waals surface area (Å²) in [6, 6.07) is 1.95. The highest BCUT2D eigenvalue weighted by molar-refractivity contribution is 7.14. The van der Waals surface area contributed by atoms with Gasteiger partial charge in [-0.05, 0) is 37.8 Å². The number of esters is 1. The third kappa shape index (κ3) is 4.32. The summed E-state index contributed by atoms with van der Waals surface area (Å²) in [5.74, 6) is -0.591. The number of amides is 1. The first-order chi connectivity index (χ1) is 10.4. The molecule has 0 aliphatic heterocycles. The van der Waals surface area contributed by atoms with Gasteiger partial charge < -0.3 is 10.1 Å². The second kappa shape index (κ2) is 8.32. The van der Waals surface area contributed by atoms with Crippen LogP contribution in [0.3, 0.4) is 0 Å². The maximum absolute atomic E-state index is 12.5. The van der Waals surface area contributed by atoms with Crippen LogP contribution >= 0.6 is 11.3 Å². The average molecular weight is 325 g/mol. The lowest BCUT2D eigenvalue weighted by Crippen LogP contribution is -2.52. The van der Waals surface area contributed by atoms with Gasteiger partial charge >= 0.3 is 5.97 Å². The van der Waals surface area contributed by atoms with Crippen molar-refractivity contribution in [3.63, 3.8) is 0 Å². The Labute approximate surface area is 137 Å². The van der Waals surface area contributed by atoms with Gasteiger partial charge in [0, 0.05) is 4.88 Å². The molecule has 0 aliphatic rings. The standard InChI is InChI=1S/C17H27NO3S/c1-6-9-13-12(8-3)11-14(22-13)15(19)18-17(4,10-7-2)16(20)21-5/h11H,6-10H2,1-5H3,(H,18,19). The van der Waals surface area contributed by atoms with Crippen LogP contribution in [0, 0.1) is 0 Å². The summed E-state index contributed by atoms with van der Waals surface area (Å²) in [4.78, 5) is 26.5. The lowest BCUT2D eigenvalue weighted by Gasteiger charge is -2.27. The van der Waals surface area contributed by atoms with Crippen LogP contribution in [0.2, 0.25) is 0 Å². The van der Waals surface area contributed by atoms with Crippen LogP contribution in [-0.2, 0) is 22.4 Å². The molecule has 0 spiro atoms. The third-order valence-electron chi connectivity index (χ3n) is 3.75. The molecule has 1 unspecified atom stereocenters. The van der Waals surface area contributed by atoms with Gasteiger partial charge in [-0.1, -0.05) is 33.6 Å². The predicted octanol–water partition coefficient (Wildman–Crippen LogP) is 3.72. The molecule has 1 rings (SSSR count). The highest BCUT2D eigenvalue weighted by atomic mass is 32.1. The van der Waals surface area contributed by atoms with Crippen LogP contribution < -0.4 is 5.32 Å². The van der Waals surface area contributed by atoms with E-state index in [1.54, 1.807) is 6.92 Å². The quantitative estimate of drug-likeness (QED) is 0.741. The van der Waals surface area contributed by atoms with Gasteiger partial charge in [-0.2, -0.15) is 0 Å². The van der Waals surface area contributed by atoms with Crippen molar-refractivity contribution < 1.29 is 14.3 Å². The average Bonchev–Trinajstić information content (AvgIpc) is 2.90. The molecule has 1 atom stereocenters. The highest BCUT2D eigenvalue weighted by Gasteiger charge is 2.35. The molecule has 124 valence electrons. The monoisotopic (exact) mass is 325 g/mol. The first kappa shape index (κ1) is 18.7. The number of methoxy groups -OCH3 is 1. The zero-order valence-corrected chi connectivity index (χ0v) is 15.1. The molecule has 4 nitrogen and oxygen atoms in total. The Morgan fingerprint density at radius 1 is 1.27 bits per heavy atom. The Kier molecular flexibility index (Phi) is 7.07. The fourth-order valence-electron chi connectivity index (χ4n) is 2.57. The van der Waals surface area contributed by atoms with E-state index < -0.39 is 11.5 Å². The van der Waals surface area contributed by atoms with Crippen LogP contribution in [0.4, 0.5) is 0 Å². The largest absolute Gasteiger partial charge is 0.467 e. The summed E-state index contributed by atoms with van der Waals surface area (Å²) in [5.41, 5.74) is 0.259. The van der Waals surface area contributed by atoms with E-state index in [2.05, 4.69) is 19.2 Å². The fourth-order valence-corrected chi connectivity index (χ4v) is 3.82. The molecular weight excluding hydrogens is 298 g/mol. The first-order valence-electron chi connectivity index (χ1n) is 7.94. The van der Waals surface area contributed by atoms with E-state index in [1.165, 1.54) is 28.9 Å². The Balaban J connectivity index is 2.97. The predicted molar refractivity (Wildman–Crippen MR) is 90.5 cm³/mol. The number of carbonyl (C=O) groups excluding carboxylic acids is 2. The van der Waals surface area contributed by atoms with Crippen LogP contribution in [0.1, 0.15) is 67.1 Å². The SMILES string of the molecule is CCCc1sc(C(=O)NC(C)(CCC)C(=O)OC)cc1CC. The Morgan fingerprint density at radius 2 is 1.95 bits per heavy atom. The van der Waals surface area contributed by atoms with Gasteiger partial charge in [0.1, 0.15) is 5.54 Å². The summed E-state index contributed by atoms with van der Waals surface area (Å²) in [6.07, 6.45) is 4.31. The van der Waals surface area contributed by atoms with Gasteiger partial charge in [-0.25, -0.2) is 4.79 Å². The molecule has 0 saturated heterocycles. The van der Waals surface area contributed by atoms with E-state index in [-0.39, 0.29) is 5.91 Å².